The molecule has 3 unspecified atom stereocenters. The summed E-state index contributed by atoms with van der Waals surface area (Å²) < 4.78 is 10.5. The molecule has 4 N–H and O–H groups in total. The zero-order chi connectivity index (χ0) is 13.5. The van der Waals surface area contributed by atoms with Crippen LogP contribution in [-0.2, 0) is 9.47 Å². The van der Waals surface area contributed by atoms with Gasteiger partial charge in [0.2, 0.25) is 5.96 Å². The van der Waals surface area contributed by atoms with Gasteiger partial charge in [-0.25, -0.2) is 10.8 Å². The van der Waals surface area contributed by atoms with Crippen molar-refractivity contribution >= 4 is 5.96 Å². The molecule has 0 aromatic heterocycles. The number of aliphatic hydroxyl groups excluding tert-OH is 1. The molecule has 1 aliphatic heterocycles. The predicted molar refractivity (Wildman–Crippen MR) is 69.1 cm³/mol. The second-order valence-corrected chi connectivity index (χ2v) is 4.54. The molecule has 1 aliphatic rings. The van der Waals surface area contributed by atoms with Crippen molar-refractivity contribution in [2.24, 2.45) is 10.8 Å². The number of ether oxygens (including phenoxy) is 2. The number of aliphatic hydroxyl groups is 1. The number of methoxy groups -OCH3 is 1. The smallest absolute Gasteiger partial charge is 0.209 e. The predicted octanol–water partition coefficient (Wildman–Crippen LogP) is -1.08. The van der Waals surface area contributed by atoms with Gasteiger partial charge >= 0.3 is 0 Å². The number of nitrogens with two attached hydrogens (primary N) is 1. The number of hydrazine groups is 1. The largest absolute Gasteiger partial charge is 0.394 e. The number of morpholine rings is 1. The summed E-state index contributed by atoms with van der Waals surface area (Å²) in [6.45, 7) is 5.63. The summed E-state index contributed by atoms with van der Waals surface area (Å²) in [7, 11) is 1.64. The van der Waals surface area contributed by atoms with Crippen LogP contribution in [0.2, 0.25) is 0 Å². The van der Waals surface area contributed by atoms with Gasteiger partial charge in [-0.1, -0.05) is 0 Å². The molecule has 1 fully saturated rings. The van der Waals surface area contributed by atoms with Gasteiger partial charge in [0.1, 0.15) is 0 Å². The van der Waals surface area contributed by atoms with E-state index in [1.165, 1.54) is 0 Å². The molecule has 0 aromatic rings. The Morgan fingerprint density at radius 3 is 3.00 bits per heavy atom. The van der Waals surface area contributed by atoms with E-state index in [1.54, 1.807) is 7.11 Å². The molecule has 18 heavy (non-hydrogen) atoms. The standard InChI is InChI=1S/C11H24N4O3/c1-8(6-17-3)13-11(14-12)15-4-10(5-16)18-7-9(15)2/h8-10,16H,4-7,12H2,1-3H3,(H,13,14). The second kappa shape index (κ2) is 7.52. The zero-order valence-electron chi connectivity index (χ0n) is 11.3. The highest BCUT2D eigenvalue weighted by atomic mass is 16.5. The molecular weight excluding hydrogens is 236 g/mol. The minimum atomic E-state index is -0.197. The molecule has 1 heterocycles. The molecule has 0 spiro atoms. The van der Waals surface area contributed by atoms with E-state index in [0.29, 0.717) is 25.7 Å². The van der Waals surface area contributed by atoms with Crippen LogP contribution < -0.4 is 11.3 Å². The quantitative estimate of drug-likeness (QED) is 0.258. The van der Waals surface area contributed by atoms with E-state index in [2.05, 4.69) is 10.4 Å². The van der Waals surface area contributed by atoms with Gasteiger partial charge < -0.3 is 19.5 Å². The Balaban J connectivity index is 2.72. The van der Waals surface area contributed by atoms with Crippen molar-refractivity contribution in [3.63, 3.8) is 0 Å². The average molecular weight is 260 g/mol. The van der Waals surface area contributed by atoms with Gasteiger partial charge in [0.25, 0.3) is 0 Å². The van der Waals surface area contributed by atoms with Crippen molar-refractivity contribution in [2.45, 2.75) is 32.0 Å². The van der Waals surface area contributed by atoms with Crippen LogP contribution in [0.1, 0.15) is 13.8 Å². The molecule has 1 rings (SSSR count). The normalized spacial score (nSPS) is 27.2. The maximum Gasteiger partial charge on any atom is 0.209 e. The van der Waals surface area contributed by atoms with Crippen molar-refractivity contribution in [1.82, 2.24) is 10.3 Å². The minimum absolute atomic E-state index is 0.00526. The highest BCUT2D eigenvalue weighted by Crippen LogP contribution is 2.12. The lowest BCUT2D eigenvalue weighted by molar-refractivity contribution is -0.0571. The van der Waals surface area contributed by atoms with Crippen LogP contribution in [-0.4, -0.2) is 67.6 Å². The summed E-state index contributed by atoms with van der Waals surface area (Å²) >= 11 is 0. The number of nitrogens with zero attached hydrogens (tertiary/aromatic N) is 2. The van der Waals surface area contributed by atoms with Crippen LogP contribution in [0, 0.1) is 0 Å². The van der Waals surface area contributed by atoms with Gasteiger partial charge in [-0.3, -0.25) is 5.43 Å². The van der Waals surface area contributed by atoms with Crippen LogP contribution in [0.25, 0.3) is 0 Å². The van der Waals surface area contributed by atoms with Crippen LogP contribution in [0.5, 0.6) is 0 Å². The third kappa shape index (κ3) is 4.09. The Kier molecular flexibility index (Phi) is 6.34. The Morgan fingerprint density at radius 1 is 1.72 bits per heavy atom. The second-order valence-electron chi connectivity index (χ2n) is 4.54. The van der Waals surface area contributed by atoms with Gasteiger partial charge in [-0.05, 0) is 13.8 Å². The third-order valence-electron chi connectivity index (χ3n) is 2.86. The van der Waals surface area contributed by atoms with Crippen molar-refractivity contribution in [2.75, 3.05) is 33.5 Å². The fraction of sp³-hybridized carbons (Fsp3) is 0.909. The van der Waals surface area contributed by atoms with Crippen LogP contribution in [0.4, 0.5) is 0 Å². The molecule has 1 saturated heterocycles. The maximum atomic E-state index is 9.15. The van der Waals surface area contributed by atoms with Gasteiger partial charge in [0.15, 0.2) is 0 Å². The van der Waals surface area contributed by atoms with Gasteiger partial charge in [0, 0.05) is 13.7 Å². The molecule has 0 bridgehead atoms. The lowest BCUT2D eigenvalue weighted by Gasteiger charge is -2.39. The fourth-order valence-electron chi connectivity index (χ4n) is 1.90. The highest BCUT2D eigenvalue weighted by Gasteiger charge is 2.28. The number of hydrogen-bond donors (Lipinski definition) is 3. The summed E-state index contributed by atoms with van der Waals surface area (Å²) in [5.74, 6) is 6.14. The topological polar surface area (TPSA) is 92.3 Å². The van der Waals surface area contributed by atoms with E-state index < -0.39 is 0 Å². The number of guanidine groups is 1. The third-order valence-corrected chi connectivity index (χ3v) is 2.86. The molecule has 7 heteroatoms. The molecule has 0 aliphatic carbocycles. The highest BCUT2D eigenvalue weighted by molar-refractivity contribution is 5.80. The van der Waals surface area contributed by atoms with Crippen molar-refractivity contribution in [1.29, 1.82) is 0 Å². The molecular formula is C11H24N4O3. The van der Waals surface area contributed by atoms with Crippen molar-refractivity contribution < 1.29 is 14.6 Å². The first-order valence-electron chi connectivity index (χ1n) is 6.14. The Hall–Kier alpha value is -0.890. The summed E-state index contributed by atoms with van der Waals surface area (Å²) in [5.41, 5.74) is 2.62. The number of rotatable bonds is 4. The first kappa shape index (κ1) is 15.2. The van der Waals surface area contributed by atoms with Crippen LogP contribution in [0.3, 0.4) is 0 Å². The average Bonchev–Trinajstić information content (AvgIpc) is 2.37. The monoisotopic (exact) mass is 260 g/mol. The summed E-state index contributed by atoms with van der Waals surface area (Å²) in [4.78, 5) is 6.48. The molecule has 0 amide bonds. The molecule has 106 valence electrons. The van der Waals surface area contributed by atoms with E-state index >= 15 is 0 Å². The van der Waals surface area contributed by atoms with Gasteiger partial charge in [-0.15, -0.1) is 0 Å². The van der Waals surface area contributed by atoms with Crippen LogP contribution in [0.15, 0.2) is 4.99 Å². The first-order chi connectivity index (χ1) is 8.62. The molecule has 0 saturated carbocycles. The number of aliphatic imine (C=N–C) groups is 1. The Bertz CT molecular complexity index is 275. The number of hydrogen-bond acceptors (Lipinski definition) is 5. The summed E-state index contributed by atoms with van der Waals surface area (Å²) in [6.07, 6.45) is -0.197. The summed E-state index contributed by atoms with van der Waals surface area (Å²) in [6, 6.07) is 0.181. The van der Waals surface area contributed by atoms with E-state index in [4.69, 9.17) is 20.4 Å². The first-order valence-corrected chi connectivity index (χ1v) is 6.14. The van der Waals surface area contributed by atoms with E-state index in [0.717, 1.165) is 0 Å². The molecule has 7 nitrogen and oxygen atoms in total. The number of nitrogens with one attached hydrogen (secondary N) is 1. The van der Waals surface area contributed by atoms with Crippen molar-refractivity contribution in [3.8, 4) is 0 Å². The maximum absolute atomic E-state index is 9.15. The van der Waals surface area contributed by atoms with Crippen molar-refractivity contribution in [3.05, 3.63) is 0 Å². The van der Waals surface area contributed by atoms with E-state index in [9.17, 15) is 0 Å². The summed E-state index contributed by atoms with van der Waals surface area (Å²) in [5, 5.41) is 9.15. The zero-order valence-corrected chi connectivity index (χ0v) is 11.3. The van der Waals surface area contributed by atoms with E-state index in [1.807, 2.05) is 18.7 Å². The Labute approximate surface area is 108 Å². The molecule has 0 aromatic carbocycles. The molecule has 3 atom stereocenters. The molecule has 0 radical (unpaired) electrons. The lowest BCUT2D eigenvalue weighted by Crippen LogP contribution is -2.57. The SMILES string of the molecule is COCC(C)N=C(NN)N1CC(CO)OCC1C. The minimum Gasteiger partial charge on any atom is -0.394 e. The fourth-order valence-corrected chi connectivity index (χ4v) is 1.90. The van der Waals surface area contributed by atoms with Gasteiger partial charge in [0.05, 0.1) is 38.0 Å². The lowest BCUT2D eigenvalue weighted by atomic mass is 10.2. The van der Waals surface area contributed by atoms with E-state index in [-0.39, 0.29) is 24.8 Å². The Morgan fingerprint density at radius 2 is 2.44 bits per heavy atom. The van der Waals surface area contributed by atoms with Crippen LogP contribution >= 0.6 is 0 Å². The van der Waals surface area contributed by atoms with Gasteiger partial charge in [-0.2, -0.15) is 0 Å².